The standard InChI is InChI=1S/C19H23N3O2/c1-2-17(15-6-4-3-5-7-15)19(23)22-12-8-16(9-13-22)24-18-14-20-10-11-21-18/h3-7,10-11,14,16-17H,2,8-9,12-13H2,1H3. The molecule has 0 aliphatic carbocycles. The molecule has 5 nitrogen and oxygen atoms in total. The molecule has 1 atom stereocenters. The van der Waals surface area contributed by atoms with Gasteiger partial charge in [0.25, 0.3) is 0 Å². The second kappa shape index (κ2) is 7.90. The summed E-state index contributed by atoms with van der Waals surface area (Å²) in [5.41, 5.74) is 1.10. The Hall–Kier alpha value is -2.43. The van der Waals surface area contributed by atoms with Crippen LogP contribution < -0.4 is 4.74 Å². The number of carbonyl (C=O) groups is 1. The van der Waals surface area contributed by atoms with Crippen LogP contribution in [0.2, 0.25) is 0 Å². The van der Waals surface area contributed by atoms with Crippen LogP contribution >= 0.6 is 0 Å². The monoisotopic (exact) mass is 325 g/mol. The lowest BCUT2D eigenvalue weighted by atomic mass is 9.94. The number of hydrogen-bond acceptors (Lipinski definition) is 4. The number of likely N-dealkylation sites (tertiary alicyclic amines) is 1. The highest BCUT2D eigenvalue weighted by atomic mass is 16.5. The van der Waals surface area contributed by atoms with Crippen molar-refractivity contribution < 1.29 is 9.53 Å². The largest absolute Gasteiger partial charge is 0.473 e. The van der Waals surface area contributed by atoms with Crippen LogP contribution in [0.5, 0.6) is 5.88 Å². The second-order valence-corrected chi connectivity index (χ2v) is 6.06. The summed E-state index contributed by atoms with van der Waals surface area (Å²) in [4.78, 5) is 23.0. The first-order valence-electron chi connectivity index (χ1n) is 8.54. The van der Waals surface area contributed by atoms with Crippen molar-refractivity contribution in [3.63, 3.8) is 0 Å². The lowest BCUT2D eigenvalue weighted by Gasteiger charge is -2.34. The Morgan fingerprint density at radius 2 is 2.00 bits per heavy atom. The van der Waals surface area contributed by atoms with Crippen molar-refractivity contribution in [1.82, 2.24) is 14.9 Å². The lowest BCUT2D eigenvalue weighted by Crippen LogP contribution is -2.43. The Kier molecular flexibility index (Phi) is 5.41. The molecule has 1 fully saturated rings. The van der Waals surface area contributed by atoms with Gasteiger partial charge in [0.1, 0.15) is 6.10 Å². The average Bonchev–Trinajstić information content (AvgIpc) is 2.65. The summed E-state index contributed by atoms with van der Waals surface area (Å²) in [6.45, 7) is 3.53. The summed E-state index contributed by atoms with van der Waals surface area (Å²) in [6.07, 6.45) is 7.45. The fourth-order valence-corrected chi connectivity index (χ4v) is 3.17. The first-order valence-corrected chi connectivity index (χ1v) is 8.54. The maximum absolute atomic E-state index is 12.9. The van der Waals surface area contributed by atoms with E-state index in [0.717, 1.165) is 37.9 Å². The zero-order valence-corrected chi connectivity index (χ0v) is 14.0. The number of amides is 1. The maximum atomic E-state index is 12.9. The molecule has 1 aliphatic rings. The molecule has 0 saturated carbocycles. The Labute approximate surface area is 142 Å². The summed E-state index contributed by atoms with van der Waals surface area (Å²) in [5, 5.41) is 0. The van der Waals surface area contributed by atoms with Crippen LogP contribution in [0.25, 0.3) is 0 Å². The van der Waals surface area contributed by atoms with E-state index in [4.69, 9.17) is 4.74 Å². The first kappa shape index (κ1) is 16.4. The highest BCUT2D eigenvalue weighted by molar-refractivity contribution is 5.83. The molecule has 0 radical (unpaired) electrons. The van der Waals surface area contributed by atoms with Gasteiger partial charge in [0.05, 0.1) is 12.1 Å². The minimum atomic E-state index is -0.0522. The van der Waals surface area contributed by atoms with Crippen molar-refractivity contribution in [1.29, 1.82) is 0 Å². The minimum absolute atomic E-state index is 0.0522. The molecule has 2 heterocycles. The van der Waals surface area contributed by atoms with E-state index in [1.54, 1.807) is 18.6 Å². The van der Waals surface area contributed by atoms with Gasteiger partial charge in [-0.1, -0.05) is 37.3 Å². The quantitative estimate of drug-likeness (QED) is 0.848. The fourth-order valence-electron chi connectivity index (χ4n) is 3.17. The number of carbonyl (C=O) groups excluding carboxylic acids is 1. The summed E-state index contributed by atoms with van der Waals surface area (Å²) in [6, 6.07) is 10.0. The van der Waals surface area contributed by atoms with Gasteiger partial charge in [-0.25, -0.2) is 4.98 Å². The summed E-state index contributed by atoms with van der Waals surface area (Å²) in [5.74, 6) is 0.725. The Morgan fingerprint density at radius 3 is 2.62 bits per heavy atom. The van der Waals surface area contributed by atoms with E-state index in [1.807, 2.05) is 35.2 Å². The van der Waals surface area contributed by atoms with Crippen LogP contribution in [0.3, 0.4) is 0 Å². The predicted octanol–water partition coefficient (Wildman–Crippen LogP) is 3.04. The summed E-state index contributed by atoms with van der Waals surface area (Å²) < 4.78 is 5.84. The molecule has 1 aromatic carbocycles. The van der Waals surface area contributed by atoms with Gasteiger partial charge in [-0.15, -0.1) is 0 Å². The zero-order valence-electron chi connectivity index (χ0n) is 14.0. The number of benzene rings is 1. The predicted molar refractivity (Wildman–Crippen MR) is 91.7 cm³/mol. The first-order chi connectivity index (χ1) is 11.8. The molecule has 24 heavy (non-hydrogen) atoms. The van der Waals surface area contributed by atoms with Gasteiger partial charge in [-0.05, 0) is 12.0 Å². The number of aromatic nitrogens is 2. The number of hydrogen-bond donors (Lipinski definition) is 0. The van der Waals surface area contributed by atoms with Gasteiger partial charge in [0, 0.05) is 38.3 Å². The van der Waals surface area contributed by atoms with Crippen LogP contribution in [0.4, 0.5) is 0 Å². The molecule has 5 heteroatoms. The van der Waals surface area contributed by atoms with Gasteiger partial charge in [0.15, 0.2) is 0 Å². The third-order valence-electron chi connectivity index (χ3n) is 4.49. The van der Waals surface area contributed by atoms with Crippen LogP contribution in [-0.2, 0) is 4.79 Å². The molecule has 0 bridgehead atoms. The van der Waals surface area contributed by atoms with E-state index in [2.05, 4.69) is 16.9 Å². The Bertz CT molecular complexity index is 640. The average molecular weight is 325 g/mol. The topological polar surface area (TPSA) is 55.3 Å². The van der Waals surface area contributed by atoms with E-state index >= 15 is 0 Å². The smallest absolute Gasteiger partial charge is 0.232 e. The van der Waals surface area contributed by atoms with Gasteiger partial charge in [-0.2, -0.15) is 0 Å². The van der Waals surface area contributed by atoms with E-state index in [-0.39, 0.29) is 17.9 Å². The lowest BCUT2D eigenvalue weighted by molar-refractivity contribution is -0.134. The normalized spacial score (nSPS) is 16.6. The molecule has 3 rings (SSSR count). The maximum Gasteiger partial charge on any atom is 0.232 e. The van der Waals surface area contributed by atoms with Crippen LogP contribution in [-0.4, -0.2) is 40.0 Å². The molecule has 2 aromatic rings. The Balaban J connectivity index is 1.56. The summed E-state index contributed by atoms with van der Waals surface area (Å²) in [7, 11) is 0. The van der Waals surface area contributed by atoms with E-state index in [0.29, 0.717) is 5.88 Å². The molecule has 0 spiro atoms. The number of rotatable bonds is 5. The molecule has 1 amide bonds. The van der Waals surface area contributed by atoms with Crippen molar-refractivity contribution in [3.8, 4) is 5.88 Å². The van der Waals surface area contributed by atoms with E-state index < -0.39 is 0 Å². The summed E-state index contributed by atoms with van der Waals surface area (Å²) >= 11 is 0. The zero-order chi connectivity index (χ0) is 16.8. The molecule has 1 unspecified atom stereocenters. The molecular formula is C19H23N3O2. The third-order valence-corrected chi connectivity index (χ3v) is 4.49. The van der Waals surface area contributed by atoms with Gasteiger partial charge in [-0.3, -0.25) is 9.78 Å². The molecule has 1 aliphatic heterocycles. The second-order valence-electron chi connectivity index (χ2n) is 6.06. The molecule has 126 valence electrons. The van der Waals surface area contributed by atoms with Crippen molar-refractivity contribution in [2.75, 3.05) is 13.1 Å². The van der Waals surface area contributed by atoms with Crippen molar-refractivity contribution >= 4 is 5.91 Å². The van der Waals surface area contributed by atoms with Gasteiger partial charge in [0.2, 0.25) is 11.8 Å². The van der Waals surface area contributed by atoms with Gasteiger partial charge < -0.3 is 9.64 Å². The molecule has 1 saturated heterocycles. The van der Waals surface area contributed by atoms with Gasteiger partial charge >= 0.3 is 0 Å². The van der Waals surface area contributed by atoms with E-state index in [9.17, 15) is 4.79 Å². The van der Waals surface area contributed by atoms with Crippen LogP contribution in [0.1, 0.15) is 37.7 Å². The number of ether oxygens (including phenoxy) is 1. The highest BCUT2D eigenvalue weighted by Crippen LogP contribution is 2.25. The number of piperidine rings is 1. The van der Waals surface area contributed by atoms with Crippen molar-refractivity contribution in [2.24, 2.45) is 0 Å². The molecule has 0 N–H and O–H groups in total. The van der Waals surface area contributed by atoms with Crippen molar-refractivity contribution in [2.45, 2.75) is 38.2 Å². The SMILES string of the molecule is CCC(C(=O)N1CCC(Oc2cnccn2)CC1)c1ccccc1. The number of nitrogens with zero attached hydrogens (tertiary/aromatic N) is 3. The van der Waals surface area contributed by atoms with E-state index in [1.165, 1.54) is 0 Å². The fraction of sp³-hybridized carbons (Fsp3) is 0.421. The Morgan fingerprint density at radius 1 is 1.25 bits per heavy atom. The molecular weight excluding hydrogens is 302 g/mol. The van der Waals surface area contributed by atoms with Crippen molar-refractivity contribution in [3.05, 3.63) is 54.5 Å². The highest BCUT2D eigenvalue weighted by Gasteiger charge is 2.29. The third kappa shape index (κ3) is 3.91. The molecule has 1 aromatic heterocycles. The van der Waals surface area contributed by atoms with Crippen LogP contribution in [0, 0.1) is 0 Å². The van der Waals surface area contributed by atoms with Crippen LogP contribution in [0.15, 0.2) is 48.9 Å². The minimum Gasteiger partial charge on any atom is -0.473 e.